The highest BCUT2D eigenvalue weighted by atomic mass is 35.5. The zero-order chi connectivity index (χ0) is 22.2. The first-order valence-electron chi connectivity index (χ1n) is 8.87. The van der Waals surface area contributed by atoms with E-state index in [9.17, 15) is 18.0 Å². The molecule has 0 saturated carbocycles. The smallest absolute Gasteiger partial charge is 0.380 e. The van der Waals surface area contributed by atoms with Crippen molar-refractivity contribution in [2.75, 3.05) is 16.4 Å². The van der Waals surface area contributed by atoms with E-state index >= 15 is 0 Å². The molecule has 2 amide bonds. The van der Waals surface area contributed by atoms with Gasteiger partial charge in [0.25, 0.3) is 0 Å². The summed E-state index contributed by atoms with van der Waals surface area (Å²) in [6, 6.07) is 12.9. The van der Waals surface area contributed by atoms with Crippen molar-refractivity contribution in [3.05, 3.63) is 71.4 Å². The number of anilines is 3. The van der Waals surface area contributed by atoms with Crippen LogP contribution in [0.1, 0.15) is 5.56 Å². The first kappa shape index (κ1) is 20.5. The molecule has 0 saturated heterocycles. The number of halogens is 4. The van der Waals surface area contributed by atoms with E-state index in [1.54, 1.807) is 41.0 Å². The molecule has 0 aliphatic rings. The Balaban J connectivity index is 1.49. The topological polar surface area (TPSA) is 97.3 Å². The maximum atomic E-state index is 13.0. The van der Waals surface area contributed by atoms with E-state index in [0.717, 1.165) is 23.3 Å². The summed E-state index contributed by atoms with van der Waals surface area (Å²) in [6.45, 7) is 0. The first-order valence-corrected chi connectivity index (χ1v) is 9.25. The van der Waals surface area contributed by atoms with Gasteiger partial charge in [0.2, 0.25) is 0 Å². The molecule has 4 N–H and O–H groups in total. The molecule has 4 rings (SSSR count). The number of pyridine rings is 1. The lowest BCUT2D eigenvalue weighted by molar-refractivity contribution is -0.137. The number of fused-ring (bicyclic) bond motifs is 1. The number of nitrogens with one attached hydrogen (secondary N) is 2. The summed E-state index contributed by atoms with van der Waals surface area (Å²) in [4.78, 5) is 12.2. The standard InChI is InChI=1S/C20H14ClF3N6O/c21-16-8-7-13(10-15(16)20(22,23)24)27-19(31)26-12-5-3-11(4-6-12)14-2-1-9-30-17(14)18(25)28-29-30/h1-10H,25H2,(H2,26,27,31). The predicted octanol–water partition coefficient (Wildman–Crippen LogP) is 5.29. The molecule has 0 aliphatic carbocycles. The van der Waals surface area contributed by atoms with Gasteiger partial charge in [-0.1, -0.05) is 35.0 Å². The van der Waals surface area contributed by atoms with Crippen LogP contribution < -0.4 is 16.4 Å². The summed E-state index contributed by atoms with van der Waals surface area (Å²) in [6.07, 6.45) is -2.90. The Kier molecular flexibility index (Phi) is 5.15. The number of alkyl halides is 3. The number of hydrogen-bond acceptors (Lipinski definition) is 4. The van der Waals surface area contributed by atoms with Crippen molar-refractivity contribution in [3.63, 3.8) is 0 Å². The number of nitrogens with zero attached hydrogens (tertiary/aromatic N) is 3. The summed E-state index contributed by atoms with van der Waals surface area (Å²) in [7, 11) is 0. The zero-order valence-corrected chi connectivity index (χ0v) is 16.4. The number of carbonyl (C=O) groups excluding carboxylic acids is 1. The Morgan fingerprint density at radius 1 is 1.03 bits per heavy atom. The van der Waals surface area contributed by atoms with E-state index in [2.05, 4.69) is 20.9 Å². The average molecular weight is 447 g/mol. The first-order chi connectivity index (χ1) is 14.7. The maximum Gasteiger partial charge on any atom is 0.417 e. The van der Waals surface area contributed by atoms with Gasteiger partial charge in [0.1, 0.15) is 5.52 Å². The van der Waals surface area contributed by atoms with Crippen LogP contribution in [0.4, 0.5) is 35.2 Å². The molecule has 4 aromatic rings. The van der Waals surface area contributed by atoms with Crippen molar-refractivity contribution in [2.24, 2.45) is 0 Å². The molecule has 0 aliphatic heterocycles. The van der Waals surface area contributed by atoms with E-state index in [1.807, 2.05) is 6.07 Å². The molecule has 11 heteroatoms. The third kappa shape index (κ3) is 4.24. The molecular weight excluding hydrogens is 433 g/mol. The van der Waals surface area contributed by atoms with Crippen LogP contribution in [0.3, 0.4) is 0 Å². The fraction of sp³-hybridized carbons (Fsp3) is 0.0500. The summed E-state index contributed by atoms with van der Waals surface area (Å²) in [5.74, 6) is 0.290. The monoisotopic (exact) mass is 446 g/mol. The number of benzene rings is 2. The highest BCUT2D eigenvalue weighted by Crippen LogP contribution is 2.36. The number of hydrogen-bond donors (Lipinski definition) is 3. The van der Waals surface area contributed by atoms with E-state index in [-0.39, 0.29) is 5.69 Å². The minimum atomic E-state index is -4.63. The maximum absolute atomic E-state index is 13.0. The Hall–Kier alpha value is -3.79. The molecule has 0 fully saturated rings. The minimum absolute atomic E-state index is 0.0405. The number of rotatable bonds is 3. The molecule has 158 valence electrons. The summed E-state index contributed by atoms with van der Waals surface area (Å²) in [5.41, 5.74) is 7.55. The van der Waals surface area contributed by atoms with Gasteiger partial charge in [-0.05, 0) is 42.0 Å². The van der Waals surface area contributed by atoms with Crippen molar-refractivity contribution >= 4 is 40.3 Å². The van der Waals surface area contributed by atoms with Crippen LogP contribution in [0.2, 0.25) is 5.02 Å². The van der Waals surface area contributed by atoms with Crippen molar-refractivity contribution in [1.29, 1.82) is 0 Å². The van der Waals surface area contributed by atoms with Crippen molar-refractivity contribution in [1.82, 2.24) is 14.8 Å². The Morgan fingerprint density at radius 2 is 1.71 bits per heavy atom. The van der Waals surface area contributed by atoms with Crippen molar-refractivity contribution in [2.45, 2.75) is 6.18 Å². The lowest BCUT2D eigenvalue weighted by atomic mass is 10.1. The van der Waals surface area contributed by atoms with Crippen LogP contribution in [0, 0.1) is 0 Å². The largest absolute Gasteiger partial charge is 0.417 e. The lowest BCUT2D eigenvalue weighted by Crippen LogP contribution is -2.19. The van der Waals surface area contributed by atoms with Gasteiger partial charge in [0.05, 0.1) is 10.6 Å². The molecule has 7 nitrogen and oxygen atoms in total. The second-order valence-corrected chi connectivity index (χ2v) is 6.95. The fourth-order valence-corrected chi connectivity index (χ4v) is 3.28. The average Bonchev–Trinajstić information content (AvgIpc) is 3.10. The van der Waals surface area contributed by atoms with Gasteiger partial charge in [-0.3, -0.25) is 0 Å². The van der Waals surface area contributed by atoms with E-state index < -0.39 is 22.8 Å². The Bertz CT molecular complexity index is 1270. The third-order valence-electron chi connectivity index (χ3n) is 4.45. The minimum Gasteiger partial charge on any atom is -0.380 e. The molecule has 0 radical (unpaired) electrons. The van der Waals surface area contributed by atoms with E-state index in [0.29, 0.717) is 17.0 Å². The molecular formula is C20H14ClF3N6O. The summed E-state index contributed by atoms with van der Waals surface area (Å²) >= 11 is 5.59. The van der Waals surface area contributed by atoms with Crippen LogP contribution in [-0.2, 0) is 6.18 Å². The van der Waals surface area contributed by atoms with Gasteiger partial charge in [0.15, 0.2) is 5.82 Å². The van der Waals surface area contributed by atoms with Gasteiger partial charge in [-0.25, -0.2) is 9.31 Å². The number of aromatic nitrogens is 3. The molecule has 0 atom stereocenters. The SMILES string of the molecule is Nc1nnn2cccc(-c3ccc(NC(=O)Nc4ccc(Cl)c(C(F)(F)F)c4)cc3)c12. The number of carbonyl (C=O) groups is 1. The van der Waals surface area contributed by atoms with E-state index in [1.165, 1.54) is 6.07 Å². The normalized spacial score (nSPS) is 11.5. The van der Waals surface area contributed by atoms with E-state index in [4.69, 9.17) is 17.3 Å². The molecule has 2 aromatic heterocycles. The van der Waals surface area contributed by atoms with Gasteiger partial charge in [-0.15, -0.1) is 5.10 Å². The number of amides is 2. The molecule has 2 aromatic carbocycles. The molecule has 0 spiro atoms. The van der Waals surface area contributed by atoms with Crippen LogP contribution in [0.5, 0.6) is 0 Å². The zero-order valence-electron chi connectivity index (χ0n) is 15.6. The van der Waals surface area contributed by atoms with Gasteiger partial charge >= 0.3 is 12.2 Å². The predicted molar refractivity (Wildman–Crippen MR) is 112 cm³/mol. The second kappa shape index (κ2) is 7.80. The third-order valence-corrected chi connectivity index (χ3v) is 4.78. The van der Waals surface area contributed by atoms with Crippen LogP contribution in [-0.4, -0.2) is 20.9 Å². The highest BCUT2D eigenvalue weighted by Gasteiger charge is 2.33. The van der Waals surface area contributed by atoms with Crippen molar-refractivity contribution < 1.29 is 18.0 Å². The van der Waals surface area contributed by atoms with Gasteiger partial charge in [0, 0.05) is 23.1 Å². The van der Waals surface area contributed by atoms with Crippen LogP contribution in [0.15, 0.2) is 60.8 Å². The lowest BCUT2D eigenvalue weighted by Gasteiger charge is -2.12. The number of nitrogens with two attached hydrogens (primary N) is 1. The molecule has 0 unspecified atom stereocenters. The molecule has 2 heterocycles. The number of urea groups is 1. The van der Waals surface area contributed by atoms with Gasteiger partial charge in [-0.2, -0.15) is 13.2 Å². The molecule has 31 heavy (non-hydrogen) atoms. The van der Waals surface area contributed by atoms with Crippen LogP contribution >= 0.6 is 11.6 Å². The Labute approximate surface area is 178 Å². The number of nitrogen functional groups attached to an aromatic ring is 1. The highest BCUT2D eigenvalue weighted by molar-refractivity contribution is 6.31. The van der Waals surface area contributed by atoms with Crippen LogP contribution in [0.25, 0.3) is 16.6 Å². The Morgan fingerprint density at radius 3 is 2.42 bits per heavy atom. The van der Waals surface area contributed by atoms with Crippen molar-refractivity contribution in [3.8, 4) is 11.1 Å². The quantitative estimate of drug-likeness (QED) is 0.398. The molecule has 0 bridgehead atoms. The second-order valence-electron chi connectivity index (χ2n) is 6.54. The summed E-state index contributed by atoms with van der Waals surface area (Å²) < 4.78 is 40.4. The van der Waals surface area contributed by atoms with Gasteiger partial charge < -0.3 is 16.4 Å². The fourth-order valence-electron chi connectivity index (χ4n) is 3.05. The summed E-state index contributed by atoms with van der Waals surface area (Å²) in [5, 5.41) is 12.3.